The lowest BCUT2D eigenvalue weighted by atomic mass is 10.1. The fourth-order valence-corrected chi connectivity index (χ4v) is 1.91. The molecule has 4 heteroatoms. The number of hydrogen-bond donors (Lipinski definition) is 0. The molecule has 0 aromatic heterocycles. The van der Waals surface area contributed by atoms with E-state index in [9.17, 15) is 4.79 Å². The monoisotopic (exact) mass is 264 g/mol. The average Bonchev–Trinajstić information content (AvgIpc) is 2.46. The average molecular weight is 264 g/mol. The van der Waals surface area contributed by atoms with E-state index in [0.29, 0.717) is 6.61 Å². The van der Waals surface area contributed by atoms with Crippen molar-refractivity contribution in [2.75, 3.05) is 13.2 Å². The van der Waals surface area contributed by atoms with Crippen LogP contribution in [0.5, 0.6) is 0 Å². The maximum atomic E-state index is 10.7. The molecule has 1 fully saturated rings. The molecule has 1 aliphatic rings. The van der Waals surface area contributed by atoms with Crippen LogP contribution in [0.1, 0.15) is 30.9 Å². The van der Waals surface area contributed by atoms with Crippen LogP contribution in [0, 0.1) is 0 Å². The first-order chi connectivity index (χ1) is 9.28. The minimum atomic E-state index is -0.611. The van der Waals surface area contributed by atoms with Gasteiger partial charge in [-0.25, -0.2) is 4.79 Å². The third-order valence-electron chi connectivity index (χ3n) is 3.10. The van der Waals surface area contributed by atoms with Crippen LogP contribution < -0.4 is 0 Å². The van der Waals surface area contributed by atoms with E-state index >= 15 is 0 Å². The van der Waals surface area contributed by atoms with E-state index in [1.165, 1.54) is 18.4 Å². The molecular formula is C15H20O4. The number of benzene rings is 1. The number of ether oxygens (including phenoxy) is 3. The lowest BCUT2D eigenvalue weighted by Gasteiger charge is -2.22. The Morgan fingerprint density at radius 3 is 2.42 bits per heavy atom. The number of rotatable bonds is 6. The minimum absolute atomic E-state index is 0.169. The van der Waals surface area contributed by atoms with Gasteiger partial charge in [0.15, 0.2) is 0 Å². The van der Waals surface area contributed by atoms with Crippen LogP contribution in [-0.4, -0.2) is 25.5 Å². The van der Waals surface area contributed by atoms with Crippen molar-refractivity contribution >= 4 is 6.16 Å². The Hall–Kier alpha value is -1.55. The molecule has 1 saturated heterocycles. The van der Waals surface area contributed by atoms with E-state index in [1.807, 2.05) is 0 Å². The molecule has 0 saturated carbocycles. The summed E-state index contributed by atoms with van der Waals surface area (Å²) in [5.41, 5.74) is 2.48. The van der Waals surface area contributed by atoms with Crippen molar-refractivity contribution in [3.8, 4) is 0 Å². The highest BCUT2D eigenvalue weighted by atomic mass is 16.7. The molecular weight excluding hydrogens is 244 g/mol. The normalized spacial score (nSPS) is 15.9. The molecule has 0 N–H and O–H groups in total. The van der Waals surface area contributed by atoms with Gasteiger partial charge in [0, 0.05) is 0 Å². The Morgan fingerprint density at radius 2 is 1.79 bits per heavy atom. The summed E-state index contributed by atoms with van der Waals surface area (Å²) in [7, 11) is 0. The number of carbonyl (C=O) groups excluding carboxylic acids is 1. The van der Waals surface area contributed by atoms with Crippen LogP contribution in [0.2, 0.25) is 0 Å². The maximum Gasteiger partial charge on any atom is 0.508 e. The molecule has 1 aromatic rings. The number of carbonyl (C=O) groups is 1. The van der Waals surface area contributed by atoms with E-state index in [1.54, 1.807) is 0 Å². The van der Waals surface area contributed by atoms with Gasteiger partial charge >= 0.3 is 6.16 Å². The predicted octanol–water partition coefficient (Wildman–Crippen LogP) is 3.08. The van der Waals surface area contributed by atoms with Crippen LogP contribution in [0.3, 0.4) is 0 Å². The Kier molecular flexibility index (Phi) is 5.21. The minimum Gasteiger partial charge on any atom is -0.431 e. The summed E-state index contributed by atoms with van der Waals surface area (Å²) in [5, 5.41) is 0. The fraction of sp³-hybridized carbons (Fsp3) is 0.533. The summed E-state index contributed by atoms with van der Waals surface area (Å²) in [5.74, 6) is 0. The molecule has 1 aromatic carbocycles. The van der Waals surface area contributed by atoms with Gasteiger partial charge in [0.1, 0.15) is 19.3 Å². The first kappa shape index (κ1) is 13.9. The highest BCUT2D eigenvalue weighted by Crippen LogP contribution is 2.11. The smallest absolute Gasteiger partial charge is 0.431 e. The highest BCUT2D eigenvalue weighted by Gasteiger charge is 2.21. The predicted molar refractivity (Wildman–Crippen MR) is 70.9 cm³/mol. The summed E-state index contributed by atoms with van der Waals surface area (Å²) < 4.78 is 15.1. The van der Waals surface area contributed by atoms with Crippen molar-refractivity contribution in [3.63, 3.8) is 0 Å². The van der Waals surface area contributed by atoms with E-state index in [0.717, 1.165) is 12.0 Å². The van der Waals surface area contributed by atoms with Gasteiger partial charge in [-0.2, -0.15) is 0 Å². The number of unbranched alkanes of at least 4 members (excludes halogenated alkanes) is 1. The Balaban J connectivity index is 1.75. The van der Waals surface area contributed by atoms with E-state index in [-0.39, 0.29) is 19.3 Å². The largest absolute Gasteiger partial charge is 0.508 e. The second-order valence-electron chi connectivity index (χ2n) is 4.73. The molecule has 19 heavy (non-hydrogen) atoms. The summed E-state index contributed by atoms with van der Waals surface area (Å²) in [6.07, 6.45) is 2.79. The molecule has 1 heterocycles. The Morgan fingerprint density at radius 1 is 1.16 bits per heavy atom. The van der Waals surface area contributed by atoms with Gasteiger partial charge in [-0.1, -0.05) is 37.6 Å². The molecule has 4 nitrogen and oxygen atoms in total. The van der Waals surface area contributed by atoms with Gasteiger partial charge in [-0.3, -0.25) is 0 Å². The number of aryl methyl sites for hydroxylation is 1. The zero-order valence-electron chi connectivity index (χ0n) is 11.3. The van der Waals surface area contributed by atoms with Crippen LogP contribution in [0.25, 0.3) is 0 Å². The van der Waals surface area contributed by atoms with Crippen LogP contribution in [-0.2, 0) is 27.2 Å². The summed E-state index contributed by atoms with van der Waals surface area (Å²) in [4.78, 5) is 10.7. The molecule has 0 amide bonds. The molecule has 0 unspecified atom stereocenters. The van der Waals surface area contributed by atoms with Crippen molar-refractivity contribution < 1.29 is 19.0 Å². The summed E-state index contributed by atoms with van der Waals surface area (Å²) in [6.45, 7) is 3.25. The van der Waals surface area contributed by atoms with E-state index in [2.05, 4.69) is 31.2 Å². The standard InChI is InChI=1S/C15H20O4/c1-2-3-4-12-5-7-13(8-6-12)9-17-14-10-18-15(16)19-11-14/h5-8,14H,2-4,9-11H2,1H3. The molecule has 0 spiro atoms. The maximum absolute atomic E-state index is 10.7. The van der Waals surface area contributed by atoms with Gasteiger partial charge in [-0.05, 0) is 24.0 Å². The molecule has 2 rings (SSSR count). The molecule has 0 bridgehead atoms. The zero-order chi connectivity index (χ0) is 13.5. The van der Waals surface area contributed by atoms with Gasteiger partial charge in [-0.15, -0.1) is 0 Å². The van der Waals surface area contributed by atoms with Crippen LogP contribution in [0.4, 0.5) is 4.79 Å². The summed E-state index contributed by atoms with van der Waals surface area (Å²) in [6, 6.07) is 8.46. The fourth-order valence-electron chi connectivity index (χ4n) is 1.91. The first-order valence-corrected chi connectivity index (χ1v) is 6.77. The van der Waals surface area contributed by atoms with Crippen molar-refractivity contribution in [1.82, 2.24) is 0 Å². The molecule has 0 aliphatic carbocycles. The van der Waals surface area contributed by atoms with Gasteiger partial charge < -0.3 is 14.2 Å². The Bertz CT molecular complexity index is 389. The first-order valence-electron chi connectivity index (χ1n) is 6.77. The van der Waals surface area contributed by atoms with Crippen molar-refractivity contribution in [3.05, 3.63) is 35.4 Å². The zero-order valence-corrected chi connectivity index (χ0v) is 11.3. The molecule has 1 aliphatic heterocycles. The second-order valence-corrected chi connectivity index (χ2v) is 4.73. The number of hydrogen-bond acceptors (Lipinski definition) is 4. The molecule has 104 valence electrons. The van der Waals surface area contributed by atoms with E-state index in [4.69, 9.17) is 14.2 Å². The molecule has 0 atom stereocenters. The van der Waals surface area contributed by atoms with Crippen molar-refractivity contribution in [1.29, 1.82) is 0 Å². The SMILES string of the molecule is CCCCc1ccc(COC2COC(=O)OC2)cc1. The second kappa shape index (κ2) is 7.14. The number of cyclic esters (lactones) is 2. The van der Waals surface area contributed by atoms with Crippen LogP contribution in [0.15, 0.2) is 24.3 Å². The van der Waals surface area contributed by atoms with Gasteiger partial charge in [0.2, 0.25) is 0 Å². The van der Waals surface area contributed by atoms with E-state index < -0.39 is 6.16 Å². The third-order valence-corrected chi connectivity index (χ3v) is 3.10. The van der Waals surface area contributed by atoms with Gasteiger partial charge in [0.25, 0.3) is 0 Å². The van der Waals surface area contributed by atoms with Crippen molar-refractivity contribution in [2.24, 2.45) is 0 Å². The lowest BCUT2D eigenvalue weighted by Crippen LogP contribution is -2.33. The Labute approximate surface area is 113 Å². The van der Waals surface area contributed by atoms with Crippen molar-refractivity contribution in [2.45, 2.75) is 38.9 Å². The quantitative estimate of drug-likeness (QED) is 0.741. The van der Waals surface area contributed by atoms with Crippen LogP contribution >= 0.6 is 0 Å². The summed E-state index contributed by atoms with van der Waals surface area (Å²) >= 11 is 0. The third kappa shape index (κ3) is 4.56. The highest BCUT2D eigenvalue weighted by molar-refractivity contribution is 5.60. The van der Waals surface area contributed by atoms with Gasteiger partial charge in [0.05, 0.1) is 6.61 Å². The molecule has 0 radical (unpaired) electrons. The topological polar surface area (TPSA) is 44.8 Å². The lowest BCUT2D eigenvalue weighted by molar-refractivity contribution is -0.0885.